The van der Waals surface area contributed by atoms with Crippen molar-refractivity contribution in [1.29, 1.82) is 0 Å². The molecule has 3 rings (SSSR count). The summed E-state index contributed by atoms with van der Waals surface area (Å²) in [5, 5.41) is 0. The van der Waals surface area contributed by atoms with Crippen molar-refractivity contribution in [2.24, 2.45) is 0 Å². The molecule has 2 heterocycles. The first-order valence-electron chi connectivity index (χ1n) is 5.91. The number of amides is 1. The van der Waals surface area contributed by atoms with E-state index in [9.17, 15) is 9.18 Å². The van der Waals surface area contributed by atoms with Gasteiger partial charge in [0.15, 0.2) is 0 Å². The topological polar surface area (TPSA) is 33.2 Å². The smallest absolute Gasteiger partial charge is 0.262 e. The summed E-state index contributed by atoms with van der Waals surface area (Å²) in [6, 6.07) is 10.7. The first-order chi connectivity index (χ1) is 9.27. The number of carbonyl (C=O) groups is 1. The molecule has 3 nitrogen and oxygen atoms in total. The highest BCUT2D eigenvalue weighted by atomic mass is 32.2. The molecule has 0 bridgehead atoms. The number of aromatic nitrogens is 1. The summed E-state index contributed by atoms with van der Waals surface area (Å²) in [7, 11) is 0. The van der Waals surface area contributed by atoms with E-state index in [2.05, 4.69) is 4.98 Å². The van der Waals surface area contributed by atoms with Crippen molar-refractivity contribution in [2.45, 2.75) is 4.90 Å². The lowest BCUT2D eigenvalue weighted by molar-refractivity contribution is 0.0983. The second-order valence-corrected chi connectivity index (χ2v) is 5.25. The van der Waals surface area contributed by atoms with E-state index in [0.717, 1.165) is 16.3 Å². The summed E-state index contributed by atoms with van der Waals surface area (Å²) < 4.78 is 13.6. The van der Waals surface area contributed by atoms with Gasteiger partial charge in [0.05, 0.1) is 11.3 Å². The van der Waals surface area contributed by atoms with Crippen molar-refractivity contribution in [3.63, 3.8) is 0 Å². The lowest BCUT2D eigenvalue weighted by atomic mass is 10.2. The minimum absolute atomic E-state index is 0.0178. The molecule has 0 unspecified atom stereocenters. The SMILES string of the molecule is O=C(c1cccnc1F)N1CCSc2ccccc21. The van der Waals surface area contributed by atoms with Gasteiger partial charge in [0.1, 0.15) is 0 Å². The summed E-state index contributed by atoms with van der Waals surface area (Å²) in [4.78, 5) is 18.6. The fourth-order valence-electron chi connectivity index (χ4n) is 2.07. The zero-order chi connectivity index (χ0) is 13.2. The Morgan fingerprint density at radius 2 is 2.11 bits per heavy atom. The molecule has 1 aliphatic heterocycles. The monoisotopic (exact) mass is 274 g/mol. The number of anilines is 1. The van der Waals surface area contributed by atoms with E-state index < -0.39 is 5.95 Å². The molecule has 0 N–H and O–H groups in total. The number of para-hydroxylation sites is 1. The van der Waals surface area contributed by atoms with E-state index in [1.807, 2.05) is 24.3 Å². The fraction of sp³-hybridized carbons (Fsp3) is 0.143. The maximum Gasteiger partial charge on any atom is 0.262 e. The van der Waals surface area contributed by atoms with Crippen LogP contribution in [0.5, 0.6) is 0 Å². The van der Waals surface area contributed by atoms with Crippen molar-refractivity contribution in [3.8, 4) is 0 Å². The summed E-state index contributed by atoms with van der Waals surface area (Å²) in [5.41, 5.74) is 0.858. The largest absolute Gasteiger partial charge is 0.306 e. The standard InChI is InChI=1S/C14H11FN2OS/c15-13-10(4-3-7-16-13)14(18)17-8-9-19-12-6-2-1-5-11(12)17/h1-7H,8-9H2. The van der Waals surface area contributed by atoms with Crippen LogP contribution in [0.25, 0.3) is 0 Å². The molecule has 0 saturated carbocycles. The second kappa shape index (κ2) is 5.01. The molecular weight excluding hydrogens is 263 g/mol. The molecule has 0 spiro atoms. The Morgan fingerprint density at radius 1 is 1.26 bits per heavy atom. The van der Waals surface area contributed by atoms with Gasteiger partial charge in [-0.05, 0) is 24.3 Å². The van der Waals surface area contributed by atoms with Crippen LogP contribution in [-0.4, -0.2) is 23.2 Å². The number of benzene rings is 1. The van der Waals surface area contributed by atoms with Gasteiger partial charge in [-0.1, -0.05) is 12.1 Å². The van der Waals surface area contributed by atoms with E-state index in [-0.39, 0.29) is 11.5 Å². The van der Waals surface area contributed by atoms with Crippen molar-refractivity contribution < 1.29 is 9.18 Å². The zero-order valence-corrected chi connectivity index (χ0v) is 10.9. The maximum absolute atomic E-state index is 13.6. The van der Waals surface area contributed by atoms with Crippen LogP contribution in [0.15, 0.2) is 47.5 Å². The molecule has 0 fully saturated rings. The molecule has 19 heavy (non-hydrogen) atoms. The Morgan fingerprint density at radius 3 is 2.95 bits per heavy atom. The van der Waals surface area contributed by atoms with Crippen molar-refractivity contribution >= 4 is 23.4 Å². The number of fused-ring (bicyclic) bond motifs is 1. The summed E-state index contributed by atoms with van der Waals surface area (Å²) in [6.07, 6.45) is 1.34. The summed E-state index contributed by atoms with van der Waals surface area (Å²) in [6.45, 7) is 0.578. The zero-order valence-electron chi connectivity index (χ0n) is 10.0. The minimum Gasteiger partial charge on any atom is -0.306 e. The Hall–Kier alpha value is -1.88. The highest BCUT2D eigenvalue weighted by molar-refractivity contribution is 7.99. The molecule has 0 aliphatic carbocycles. The fourth-order valence-corrected chi connectivity index (χ4v) is 3.07. The first-order valence-corrected chi connectivity index (χ1v) is 6.90. The third-order valence-corrected chi connectivity index (χ3v) is 4.01. The Balaban J connectivity index is 2.00. The number of hydrogen-bond donors (Lipinski definition) is 0. The van der Waals surface area contributed by atoms with E-state index in [1.165, 1.54) is 12.3 Å². The number of thioether (sulfide) groups is 1. The van der Waals surface area contributed by atoms with Crippen LogP contribution in [0.3, 0.4) is 0 Å². The molecule has 0 radical (unpaired) electrons. The van der Waals surface area contributed by atoms with Crippen LogP contribution in [0.4, 0.5) is 10.1 Å². The average molecular weight is 274 g/mol. The molecule has 1 aliphatic rings. The van der Waals surface area contributed by atoms with Crippen LogP contribution >= 0.6 is 11.8 Å². The van der Waals surface area contributed by atoms with Gasteiger partial charge in [0.2, 0.25) is 5.95 Å². The second-order valence-electron chi connectivity index (χ2n) is 4.11. The Kier molecular flexibility index (Phi) is 3.21. The van der Waals surface area contributed by atoms with Gasteiger partial charge in [-0.25, -0.2) is 4.98 Å². The minimum atomic E-state index is -0.719. The average Bonchev–Trinajstić information content (AvgIpc) is 2.46. The van der Waals surface area contributed by atoms with Crippen LogP contribution in [0.1, 0.15) is 10.4 Å². The van der Waals surface area contributed by atoms with Gasteiger partial charge >= 0.3 is 0 Å². The van der Waals surface area contributed by atoms with Crippen LogP contribution in [-0.2, 0) is 0 Å². The lowest BCUT2D eigenvalue weighted by Crippen LogP contribution is -2.36. The van der Waals surface area contributed by atoms with E-state index in [4.69, 9.17) is 0 Å². The van der Waals surface area contributed by atoms with Gasteiger partial charge < -0.3 is 4.90 Å². The first kappa shape index (κ1) is 12.2. The molecule has 2 aromatic rings. The number of carbonyl (C=O) groups excluding carboxylic acids is 1. The molecule has 0 atom stereocenters. The highest BCUT2D eigenvalue weighted by Gasteiger charge is 2.25. The molecule has 1 aromatic heterocycles. The number of nitrogens with zero attached hydrogens (tertiary/aromatic N) is 2. The molecule has 96 valence electrons. The van der Waals surface area contributed by atoms with E-state index in [1.54, 1.807) is 22.7 Å². The molecule has 5 heteroatoms. The van der Waals surface area contributed by atoms with Crippen molar-refractivity contribution in [3.05, 3.63) is 54.1 Å². The molecule has 0 saturated heterocycles. The third-order valence-electron chi connectivity index (χ3n) is 2.96. The predicted molar refractivity (Wildman–Crippen MR) is 73.0 cm³/mol. The van der Waals surface area contributed by atoms with Crippen molar-refractivity contribution in [2.75, 3.05) is 17.2 Å². The normalized spacial score (nSPS) is 14.1. The number of pyridine rings is 1. The van der Waals surface area contributed by atoms with Crippen LogP contribution in [0.2, 0.25) is 0 Å². The molecule has 1 amide bonds. The quantitative estimate of drug-likeness (QED) is 0.750. The summed E-state index contributed by atoms with van der Waals surface area (Å²) in [5.74, 6) is -0.244. The van der Waals surface area contributed by atoms with Gasteiger partial charge in [-0.3, -0.25) is 4.79 Å². The van der Waals surface area contributed by atoms with E-state index in [0.29, 0.717) is 6.54 Å². The van der Waals surface area contributed by atoms with E-state index >= 15 is 0 Å². The Labute approximate surface area is 114 Å². The third kappa shape index (κ3) is 2.21. The highest BCUT2D eigenvalue weighted by Crippen LogP contribution is 2.35. The molecule has 1 aromatic carbocycles. The Bertz CT molecular complexity index is 632. The van der Waals surface area contributed by atoms with Gasteiger partial charge in [0.25, 0.3) is 5.91 Å². The van der Waals surface area contributed by atoms with Gasteiger partial charge in [-0.15, -0.1) is 11.8 Å². The number of hydrogen-bond acceptors (Lipinski definition) is 3. The van der Waals surface area contributed by atoms with Crippen LogP contribution < -0.4 is 4.90 Å². The predicted octanol–water partition coefficient (Wildman–Crippen LogP) is 2.97. The van der Waals surface area contributed by atoms with Gasteiger partial charge in [-0.2, -0.15) is 4.39 Å². The number of rotatable bonds is 1. The lowest BCUT2D eigenvalue weighted by Gasteiger charge is -2.28. The number of halogens is 1. The van der Waals surface area contributed by atoms with Crippen LogP contribution in [0, 0.1) is 5.95 Å². The van der Waals surface area contributed by atoms with Gasteiger partial charge in [0, 0.05) is 23.4 Å². The summed E-state index contributed by atoms with van der Waals surface area (Å²) >= 11 is 1.71. The maximum atomic E-state index is 13.6. The van der Waals surface area contributed by atoms with Crippen molar-refractivity contribution in [1.82, 2.24) is 4.98 Å². The molecular formula is C14H11FN2OS.